The topological polar surface area (TPSA) is 75.4 Å². The van der Waals surface area contributed by atoms with Crippen molar-refractivity contribution in [3.8, 4) is 11.5 Å². The first kappa shape index (κ1) is 21.0. The average molecular weight is 416 g/mol. The fraction of sp³-hybridized carbons (Fsp3) is 0.318. The van der Waals surface area contributed by atoms with Crippen molar-refractivity contribution in [1.29, 1.82) is 0 Å². The summed E-state index contributed by atoms with van der Waals surface area (Å²) in [5, 5.41) is 7.42. The first-order valence-electron chi connectivity index (χ1n) is 9.48. The number of halogens is 1. The van der Waals surface area contributed by atoms with Crippen LogP contribution in [0.25, 0.3) is 10.9 Å². The molecule has 2 aromatic carbocycles. The zero-order chi connectivity index (χ0) is 19.5. The molecule has 2 heterocycles. The van der Waals surface area contributed by atoms with Gasteiger partial charge in [-0.25, -0.2) is 0 Å². The molecule has 1 aliphatic rings. The second kappa shape index (κ2) is 9.20. The minimum Gasteiger partial charge on any atom is -0.493 e. The van der Waals surface area contributed by atoms with Crippen molar-refractivity contribution in [1.82, 2.24) is 15.6 Å². The van der Waals surface area contributed by atoms with Gasteiger partial charge in [-0.05, 0) is 17.7 Å². The van der Waals surface area contributed by atoms with Crippen LogP contribution in [0.2, 0.25) is 0 Å². The molecule has 0 radical (unpaired) electrons. The lowest BCUT2D eigenvalue weighted by Crippen LogP contribution is -2.51. The number of nitrogens with one attached hydrogen (secondary N) is 3. The molecule has 1 aromatic heterocycles. The minimum atomic E-state index is -0.0711. The molecule has 1 aliphatic heterocycles. The highest BCUT2D eigenvalue weighted by Gasteiger charge is 2.28. The van der Waals surface area contributed by atoms with Gasteiger partial charge in [0.2, 0.25) is 5.91 Å². The third-order valence-electron chi connectivity index (χ3n) is 5.44. The number of ether oxygens (including phenoxy) is 2. The van der Waals surface area contributed by atoms with Crippen LogP contribution in [0.5, 0.6) is 11.5 Å². The van der Waals surface area contributed by atoms with Crippen LogP contribution in [-0.2, 0) is 4.79 Å². The van der Waals surface area contributed by atoms with E-state index in [4.69, 9.17) is 9.47 Å². The Bertz CT molecular complexity index is 984. The Morgan fingerprint density at radius 2 is 1.90 bits per heavy atom. The van der Waals surface area contributed by atoms with Gasteiger partial charge in [-0.15, -0.1) is 12.4 Å². The predicted octanol–water partition coefficient (Wildman–Crippen LogP) is 3.07. The highest BCUT2D eigenvalue weighted by Crippen LogP contribution is 2.40. The van der Waals surface area contributed by atoms with E-state index >= 15 is 0 Å². The zero-order valence-corrected chi connectivity index (χ0v) is 17.3. The Morgan fingerprint density at radius 3 is 2.59 bits per heavy atom. The predicted molar refractivity (Wildman–Crippen MR) is 116 cm³/mol. The molecule has 4 rings (SSSR count). The summed E-state index contributed by atoms with van der Waals surface area (Å²) in [5.41, 5.74) is 3.17. The van der Waals surface area contributed by atoms with Gasteiger partial charge in [-0.1, -0.05) is 30.3 Å². The standard InChI is InChI=1S/C22H25N3O3.ClH/c1-27-20-9-5-7-16(21(20)28-2)18(13-25-22(26)14-10-23-11-14)17-12-24-19-8-4-3-6-15(17)19;/h3-9,12,14,18,23-24H,10-11,13H2,1-2H3,(H,25,26);1H. The van der Waals surface area contributed by atoms with Gasteiger partial charge in [-0.2, -0.15) is 0 Å². The van der Waals surface area contributed by atoms with Gasteiger partial charge in [-0.3, -0.25) is 4.79 Å². The third-order valence-corrected chi connectivity index (χ3v) is 5.44. The molecule has 0 aliphatic carbocycles. The SMILES string of the molecule is COc1cccc(C(CNC(=O)C2CNC2)c2c[nH]c3ccccc23)c1OC.Cl. The van der Waals surface area contributed by atoms with Crippen LogP contribution in [0.3, 0.4) is 0 Å². The van der Waals surface area contributed by atoms with E-state index in [-0.39, 0.29) is 30.2 Å². The number of H-pyrrole nitrogens is 1. The van der Waals surface area contributed by atoms with E-state index in [1.165, 1.54) is 0 Å². The Kier molecular flexibility index (Phi) is 6.67. The first-order chi connectivity index (χ1) is 13.7. The lowest BCUT2D eigenvalue weighted by atomic mass is 9.89. The van der Waals surface area contributed by atoms with Gasteiger partial charge in [0.1, 0.15) is 0 Å². The summed E-state index contributed by atoms with van der Waals surface area (Å²) < 4.78 is 11.2. The van der Waals surface area contributed by atoms with Gasteiger partial charge in [0.25, 0.3) is 0 Å². The van der Waals surface area contributed by atoms with Crippen LogP contribution in [0.4, 0.5) is 0 Å². The monoisotopic (exact) mass is 415 g/mol. The molecule has 6 nitrogen and oxygen atoms in total. The number of aromatic amines is 1. The molecular formula is C22H26ClN3O3. The summed E-state index contributed by atoms with van der Waals surface area (Å²) in [6.45, 7) is 1.97. The van der Waals surface area contributed by atoms with Crippen molar-refractivity contribution < 1.29 is 14.3 Å². The highest BCUT2D eigenvalue weighted by atomic mass is 35.5. The molecule has 29 heavy (non-hydrogen) atoms. The third kappa shape index (κ3) is 4.04. The first-order valence-corrected chi connectivity index (χ1v) is 9.48. The molecule has 7 heteroatoms. The van der Waals surface area contributed by atoms with Crippen molar-refractivity contribution in [2.45, 2.75) is 5.92 Å². The summed E-state index contributed by atoms with van der Waals surface area (Å²) in [5.74, 6) is 1.44. The quantitative estimate of drug-likeness (QED) is 0.554. The maximum absolute atomic E-state index is 12.5. The number of hydrogen-bond donors (Lipinski definition) is 3. The van der Waals surface area contributed by atoms with E-state index in [2.05, 4.69) is 27.8 Å². The van der Waals surface area contributed by atoms with Crippen molar-refractivity contribution in [2.75, 3.05) is 33.9 Å². The molecule has 3 N–H and O–H groups in total. The van der Waals surface area contributed by atoms with Crippen molar-refractivity contribution in [3.05, 3.63) is 59.8 Å². The molecular weight excluding hydrogens is 390 g/mol. The summed E-state index contributed by atoms with van der Waals surface area (Å²) >= 11 is 0. The summed E-state index contributed by atoms with van der Waals surface area (Å²) in [4.78, 5) is 15.8. The maximum atomic E-state index is 12.5. The Balaban J connectivity index is 0.00000240. The fourth-order valence-corrected chi connectivity index (χ4v) is 3.78. The normalized spacial score (nSPS) is 14.6. The zero-order valence-electron chi connectivity index (χ0n) is 16.5. The molecule has 0 bridgehead atoms. The lowest BCUT2D eigenvalue weighted by Gasteiger charge is -2.27. The maximum Gasteiger partial charge on any atom is 0.225 e. The Hall–Kier alpha value is -2.70. The van der Waals surface area contributed by atoms with Crippen LogP contribution in [0.1, 0.15) is 17.0 Å². The number of carbonyl (C=O) groups is 1. The second-order valence-electron chi connectivity index (χ2n) is 7.03. The Morgan fingerprint density at radius 1 is 1.10 bits per heavy atom. The molecule has 154 valence electrons. The summed E-state index contributed by atoms with van der Waals surface area (Å²) in [6, 6.07) is 14.1. The van der Waals surface area contributed by atoms with E-state index in [0.717, 1.165) is 35.1 Å². The second-order valence-corrected chi connectivity index (χ2v) is 7.03. The van der Waals surface area contributed by atoms with E-state index in [1.807, 2.05) is 36.5 Å². The van der Waals surface area contributed by atoms with Crippen molar-refractivity contribution in [3.63, 3.8) is 0 Å². The van der Waals surface area contributed by atoms with Gasteiger partial charge >= 0.3 is 0 Å². The van der Waals surface area contributed by atoms with E-state index in [1.54, 1.807) is 14.2 Å². The van der Waals surface area contributed by atoms with E-state index < -0.39 is 0 Å². The van der Waals surface area contributed by atoms with Crippen LogP contribution >= 0.6 is 12.4 Å². The summed E-state index contributed by atoms with van der Waals surface area (Å²) in [7, 11) is 3.28. The largest absolute Gasteiger partial charge is 0.493 e. The molecule has 1 amide bonds. The fourth-order valence-electron chi connectivity index (χ4n) is 3.78. The molecule has 1 saturated heterocycles. The number of fused-ring (bicyclic) bond motifs is 1. The van der Waals surface area contributed by atoms with Gasteiger partial charge < -0.3 is 25.1 Å². The molecule has 0 spiro atoms. The minimum absolute atomic E-state index is 0. The number of rotatable bonds is 7. The van der Waals surface area contributed by atoms with Crippen LogP contribution in [0, 0.1) is 5.92 Å². The smallest absolute Gasteiger partial charge is 0.225 e. The average Bonchev–Trinajstić information content (AvgIpc) is 3.10. The molecule has 1 fully saturated rings. The van der Waals surface area contributed by atoms with E-state index in [0.29, 0.717) is 18.0 Å². The number of amides is 1. The Labute approximate surface area is 176 Å². The number of aromatic nitrogens is 1. The van der Waals surface area contributed by atoms with Crippen molar-refractivity contribution >= 4 is 29.2 Å². The summed E-state index contributed by atoms with van der Waals surface area (Å²) in [6.07, 6.45) is 2.02. The number of methoxy groups -OCH3 is 2. The van der Waals surface area contributed by atoms with E-state index in [9.17, 15) is 4.79 Å². The molecule has 1 atom stereocenters. The number of benzene rings is 2. The van der Waals surface area contributed by atoms with Gasteiger partial charge in [0, 0.05) is 48.2 Å². The molecule has 0 saturated carbocycles. The van der Waals surface area contributed by atoms with Crippen LogP contribution in [0.15, 0.2) is 48.7 Å². The number of hydrogen-bond acceptors (Lipinski definition) is 4. The van der Waals surface area contributed by atoms with Gasteiger partial charge in [0.05, 0.1) is 20.1 Å². The van der Waals surface area contributed by atoms with Crippen molar-refractivity contribution in [2.24, 2.45) is 5.92 Å². The molecule has 1 unspecified atom stereocenters. The number of carbonyl (C=O) groups excluding carboxylic acids is 1. The lowest BCUT2D eigenvalue weighted by molar-refractivity contribution is -0.126. The van der Waals surface area contributed by atoms with Gasteiger partial charge in [0.15, 0.2) is 11.5 Å². The van der Waals surface area contributed by atoms with Crippen LogP contribution < -0.4 is 20.1 Å². The number of para-hydroxylation sites is 2. The molecule has 3 aromatic rings. The highest BCUT2D eigenvalue weighted by molar-refractivity contribution is 5.85. The van der Waals surface area contributed by atoms with Crippen LogP contribution in [-0.4, -0.2) is 44.7 Å².